The summed E-state index contributed by atoms with van der Waals surface area (Å²) in [6.45, 7) is 6.46. The Kier molecular flexibility index (Phi) is 13.6. The zero-order valence-electron chi connectivity index (χ0n) is 26.3. The van der Waals surface area contributed by atoms with E-state index in [0.717, 1.165) is 39.2 Å². The number of rotatable bonds is 15. The molecule has 236 valence electrons. The molecule has 1 aliphatic carbocycles. The van der Waals surface area contributed by atoms with E-state index in [1.54, 1.807) is 60.7 Å². The minimum absolute atomic E-state index is 0.0862. The summed E-state index contributed by atoms with van der Waals surface area (Å²) in [5.74, 6) is -3.97. The first kappa shape index (κ1) is 34.5. The number of esters is 3. The van der Waals surface area contributed by atoms with Gasteiger partial charge in [0.15, 0.2) is 0 Å². The topological polar surface area (TPSA) is 99.1 Å². The first-order valence-electron chi connectivity index (χ1n) is 15.4. The van der Waals surface area contributed by atoms with Crippen LogP contribution in [0.3, 0.4) is 0 Å². The van der Waals surface area contributed by atoms with Crippen molar-refractivity contribution in [3.63, 3.8) is 0 Å². The number of aliphatic hydroxyl groups is 1. The summed E-state index contributed by atoms with van der Waals surface area (Å²) in [5, 5.41) is 10.6. The molecule has 0 aliphatic heterocycles. The van der Waals surface area contributed by atoms with Crippen LogP contribution in [0, 0.1) is 17.8 Å². The molecule has 2 aromatic rings. The first-order chi connectivity index (χ1) is 21.1. The van der Waals surface area contributed by atoms with Crippen LogP contribution in [0.1, 0.15) is 86.4 Å². The highest BCUT2D eigenvalue weighted by Gasteiger charge is 2.48. The number of allylic oxidation sites excluding steroid dienone is 5. The molecule has 7 heteroatoms. The van der Waals surface area contributed by atoms with Gasteiger partial charge in [0.25, 0.3) is 0 Å². The van der Waals surface area contributed by atoms with Crippen molar-refractivity contribution < 1.29 is 33.7 Å². The van der Waals surface area contributed by atoms with Crippen molar-refractivity contribution in [2.75, 3.05) is 7.11 Å². The molecule has 1 fully saturated rings. The van der Waals surface area contributed by atoms with Gasteiger partial charge in [0, 0.05) is 12.3 Å². The van der Waals surface area contributed by atoms with Crippen molar-refractivity contribution in [3.8, 4) is 0 Å². The van der Waals surface area contributed by atoms with Crippen LogP contribution in [-0.4, -0.2) is 42.0 Å². The normalized spacial score (nSPS) is 19.1. The molecule has 7 nitrogen and oxygen atoms in total. The van der Waals surface area contributed by atoms with E-state index in [1.807, 2.05) is 12.2 Å². The molecule has 0 aromatic heterocycles. The third-order valence-electron chi connectivity index (χ3n) is 7.92. The second-order valence-electron chi connectivity index (χ2n) is 11.8. The molecule has 0 heterocycles. The highest BCUT2D eigenvalue weighted by Crippen LogP contribution is 2.36. The fourth-order valence-electron chi connectivity index (χ4n) is 5.34. The van der Waals surface area contributed by atoms with Crippen molar-refractivity contribution in [1.82, 2.24) is 0 Å². The lowest BCUT2D eigenvalue weighted by Crippen LogP contribution is -2.48. The zero-order chi connectivity index (χ0) is 32.0. The van der Waals surface area contributed by atoms with Crippen LogP contribution in [-0.2, 0) is 19.0 Å². The van der Waals surface area contributed by atoms with Crippen LogP contribution in [0.2, 0.25) is 0 Å². The number of hydrogen-bond donors (Lipinski definition) is 1. The van der Waals surface area contributed by atoms with Crippen molar-refractivity contribution in [2.45, 2.75) is 77.6 Å². The maximum Gasteiger partial charge on any atom is 0.392 e. The Bertz CT molecular complexity index is 1240. The van der Waals surface area contributed by atoms with Crippen molar-refractivity contribution in [3.05, 3.63) is 108 Å². The van der Waals surface area contributed by atoms with Gasteiger partial charge in [-0.05, 0) is 88.5 Å². The molecule has 1 unspecified atom stereocenters. The summed E-state index contributed by atoms with van der Waals surface area (Å²) in [5.41, 5.74) is 1.74. The summed E-state index contributed by atoms with van der Waals surface area (Å²) < 4.78 is 16.3. The second-order valence-corrected chi connectivity index (χ2v) is 11.8. The maximum absolute atomic E-state index is 13.1. The van der Waals surface area contributed by atoms with Gasteiger partial charge in [-0.25, -0.2) is 14.4 Å². The van der Waals surface area contributed by atoms with Gasteiger partial charge < -0.3 is 19.3 Å². The van der Waals surface area contributed by atoms with Crippen LogP contribution >= 0.6 is 0 Å². The summed E-state index contributed by atoms with van der Waals surface area (Å²) in [6, 6.07) is 16.4. The number of carbonyl (C=O) groups excluding carboxylic acids is 3. The Morgan fingerprint density at radius 2 is 1.48 bits per heavy atom. The van der Waals surface area contributed by atoms with E-state index in [1.165, 1.54) is 5.57 Å². The zero-order valence-corrected chi connectivity index (χ0v) is 26.3. The van der Waals surface area contributed by atoms with Gasteiger partial charge in [0.1, 0.15) is 0 Å². The molecule has 2 aromatic carbocycles. The number of aliphatic hydroxyl groups excluding tert-OH is 1. The predicted molar refractivity (Wildman–Crippen MR) is 171 cm³/mol. The third-order valence-corrected chi connectivity index (χ3v) is 7.92. The lowest BCUT2D eigenvalue weighted by molar-refractivity contribution is -0.209. The highest BCUT2D eigenvalue weighted by molar-refractivity contribution is 5.95. The van der Waals surface area contributed by atoms with E-state index in [-0.39, 0.29) is 36.0 Å². The number of methoxy groups -OCH3 is 1. The Morgan fingerprint density at radius 3 is 2.02 bits per heavy atom. The molecule has 3 rings (SSSR count). The summed E-state index contributed by atoms with van der Waals surface area (Å²) in [4.78, 5) is 39.2. The molecule has 1 N–H and O–H groups in total. The van der Waals surface area contributed by atoms with Gasteiger partial charge in [0.2, 0.25) is 0 Å². The molecule has 0 amide bonds. The quantitative estimate of drug-likeness (QED) is 0.127. The Hall–Kier alpha value is -3.97. The average molecular weight is 603 g/mol. The van der Waals surface area contributed by atoms with Gasteiger partial charge in [-0.1, -0.05) is 79.3 Å². The molecule has 0 spiro atoms. The smallest absolute Gasteiger partial charge is 0.392 e. The van der Waals surface area contributed by atoms with E-state index >= 15 is 0 Å². The predicted octanol–water partition coefficient (Wildman–Crippen LogP) is 7.62. The van der Waals surface area contributed by atoms with E-state index in [4.69, 9.17) is 14.2 Å². The van der Waals surface area contributed by atoms with E-state index in [2.05, 4.69) is 39.0 Å². The molecule has 0 radical (unpaired) electrons. The van der Waals surface area contributed by atoms with Gasteiger partial charge >= 0.3 is 23.7 Å². The summed E-state index contributed by atoms with van der Waals surface area (Å²) in [6.07, 6.45) is 14.8. The van der Waals surface area contributed by atoms with Crippen LogP contribution < -0.4 is 0 Å². The van der Waals surface area contributed by atoms with Gasteiger partial charge in [-0.2, -0.15) is 0 Å². The van der Waals surface area contributed by atoms with Crippen LogP contribution in [0.25, 0.3) is 0 Å². The van der Waals surface area contributed by atoms with Crippen molar-refractivity contribution in [1.29, 1.82) is 0 Å². The molecular formula is C37H46O7. The molecule has 1 aliphatic rings. The molecule has 0 bridgehead atoms. The van der Waals surface area contributed by atoms with E-state index in [0.29, 0.717) is 11.8 Å². The standard InChI is InChI=1S/C37H46O7/c1-27(2)22-23-28(3)15-14-21-32-29(24-25-33(32)38)16-12-7-13-26-37(36(41)42-4,43-34(39)30-17-8-5-9-18-30)44-35(40)31-19-10-6-11-20-31/h5-12,14,17-22,28-29,32-33,38H,13,15-16,23-26H2,1-4H3/b12-7-,21-14+/t28?,29-,32+,33+/m0/s1. The molecule has 44 heavy (non-hydrogen) atoms. The fourth-order valence-corrected chi connectivity index (χ4v) is 5.34. The number of hydrogen-bond acceptors (Lipinski definition) is 7. The van der Waals surface area contributed by atoms with Crippen molar-refractivity contribution in [2.24, 2.45) is 17.8 Å². The Balaban J connectivity index is 1.69. The maximum atomic E-state index is 13.1. The van der Waals surface area contributed by atoms with E-state index in [9.17, 15) is 19.5 Å². The van der Waals surface area contributed by atoms with Gasteiger partial charge in [-0.3, -0.25) is 0 Å². The highest BCUT2D eigenvalue weighted by atomic mass is 16.8. The minimum atomic E-state index is -2.28. The monoisotopic (exact) mass is 602 g/mol. The van der Waals surface area contributed by atoms with Crippen molar-refractivity contribution >= 4 is 17.9 Å². The minimum Gasteiger partial charge on any atom is -0.463 e. The van der Waals surface area contributed by atoms with Crippen LogP contribution in [0.15, 0.2) is 96.6 Å². The lowest BCUT2D eigenvalue weighted by Gasteiger charge is -2.29. The SMILES string of the molecule is COC(=O)C(CC/C=C\C[C@H]1CC[C@@H](O)[C@@H]1/C=C/CC(C)CC=C(C)C)(OC(=O)c1ccccc1)OC(=O)c1ccccc1. The van der Waals surface area contributed by atoms with Crippen LogP contribution in [0.5, 0.6) is 0 Å². The number of benzene rings is 2. The number of ether oxygens (including phenoxy) is 3. The molecule has 1 saturated carbocycles. The van der Waals surface area contributed by atoms with Crippen LogP contribution in [0.4, 0.5) is 0 Å². The summed E-state index contributed by atoms with van der Waals surface area (Å²) in [7, 11) is 1.15. The molecule has 4 atom stereocenters. The fraction of sp³-hybridized carbons (Fsp3) is 0.432. The largest absolute Gasteiger partial charge is 0.463 e. The number of carbonyl (C=O) groups is 3. The Labute approximate surface area is 261 Å². The van der Waals surface area contributed by atoms with Gasteiger partial charge in [0.05, 0.1) is 24.3 Å². The molecular weight excluding hydrogens is 556 g/mol. The average Bonchev–Trinajstić information content (AvgIpc) is 3.38. The second kappa shape index (κ2) is 17.4. The summed E-state index contributed by atoms with van der Waals surface area (Å²) >= 11 is 0. The Morgan fingerprint density at radius 1 is 0.886 bits per heavy atom. The third kappa shape index (κ3) is 10.3. The van der Waals surface area contributed by atoms with Gasteiger partial charge in [-0.15, -0.1) is 0 Å². The molecule has 0 saturated heterocycles. The first-order valence-corrected chi connectivity index (χ1v) is 15.4. The lowest BCUT2D eigenvalue weighted by atomic mass is 9.90. The van der Waals surface area contributed by atoms with E-state index < -0.39 is 23.7 Å².